The third-order valence-corrected chi connectivity index (χ3v) is 4.38. The molecular formula is C13H15FS. The van der Waals surface area contributed by atoms with E-state index < -0.39 is 0 Å². The van der Waals surface area contributed by atoms with Gasteiger partial charge < -0.3 is 0 Å². The van der Waals surface area contributed by atoms with Gasteiger partial charge in [0.2, 0.25) is 0 Å². The number of halogens is 1. The standard InChI is InChI=1S/C13H15FS/c1-3-13(4-2)7-8-15-12-6-5-10(14)9-11(12)13/h3,5-6,9H,1,4,7-8H2,2H3/t13-/m0/s1. The molecule has 1 heterocycles. The Balaban J connectivity index is 2.57. The van der Waals surface area contributed by atoms with Crippen LogP contribution in [0.1, 0.15) is 25.3 Å². The van der Waals surface area contributed by atoms with Crippen LogP contribution in [0.15, 0.2) is 35.7 Å². The summed E-state index contributed by atoms with van der Waals surface area (Å²) < 4.78 is 13.3. The topological polar surface area (TPSA) is 0 Å². The van der Waals surface area contributed by atoms with Gasteiger partial charge in [0, 0.05) is 10.3 Å². The highest BCUT2D eigenvalue weighted by atomic mass is 32.2. The molecule has 1 aliphatic rings. The summed E-state index contributed by atoms with van der Waals surface area (Å²) in [5.41, 5.74) is 1.11. The highest BCUT2D eigenvalue weighted by Gasteiger charge is 2.32. The van der Waals surface area contributed by atoms with Crippen molar-refractivity contribution in [3.05, 3.63) is 42.2 Å². The maximum Gasteiger partial charge on any atom is 0.123 e. The predicted molar refractivity (Wildman–Crippen MR) is 63.9 cm³/mol. The van der Waals surface area contributed by atoms with Crippen molar-refractivity contribution >= 4 is 11.8 Å². The van der Waals surface area contributed by atoms with Gasteiger partial charge in [-0.2, -0.15) is 0 Å². The van der Waals surface area contributed by atoms with Gasteiger partial charge in [-0.05, 0) is 42.4 Å². The van der Waals surface area contributed by atoms with Crippen LogP contribution in [0.2, 0.25) is 0 Å². The normalized spacial score (nSPS) is 24.7. The van der Waals surface area contributed by atoms with E-state index in [0.29, 0.717) is 0 Å². The molecule has 80 valence electrons. The number of benzene rings is 1. The van der Waals surface area contributed by atoms with Gasteiger partial charge in [-0.25, -0.2) is 4.39 Å². The second-order valence-electron chi connectivity index (χ2n) is 3.95. The Morgan fingerprint density at radius 3 is 3.07 bits per heavy atom. The van der Waals surface area contributed by atoms with Crippen LogP contribution in [-0.4, -0.2) is 5.75 Å². The maximum absolute atomic E-state index is 13.3. The van der Waals surface area contributed by atoms with Gasteiger partial charge in [0.15, 0.2) is 0 Å². The Morgan fingerprint density at radius 1 is 1.60 bits per heavy atom. The fourth-order valence-corrected chi connectivity index (χ4v) is 3.49. The number of thioether (sulfide) groups is 1. The number of allylic oxidation sites excluding steroid dienone is 1. The fourth-order valence-electron chi connectivity index (χ4n) is 2.22. The maximum atomic E-state index is 13.3. The first-order valence-electron chi connectivity index (χ1n) is 5.28. The van der Waals surface area contributed by atoms with Crippen molar-refractivity contribution in [3.63, 3.8) is 0 Å². The van der Waals surface area contributed by atoms with Crippen molar-refractivity contribution in [2.75, 3.05) is 5.75 Å². The van der Waals surface area contributed by atoms with Crippen LogP contribution >= 0.6 is 11.8 Å². The molecule has 0 amide bonds. The lowest BCUT2D eigenvalue weighted by molar-refractivity contribution is 0.482. The lowest BCUT2D eigenvalue weighted by atomic mass is 9.75. The Kier molecular flexibility index (Phi) is 2.87. The molecule has 0 N–H and O–H groups in total. The zero-order valence-electron chi connectivity index (χ0n) is 8.92. The molecule has 0 saturated carbocycles. The highest BCUT2D eigenvalue weighted by Crippen LogP contribution is 2.44. The van der Waals surface area contributed by atoms with E-state index in [2.05, 4.69) is 13.5 Å². The Hall–Kier alpha value is -0.760. The third kappa shape index (κ3) is 1.71. The van der Waals surface area contributed by atoms with Crippen molar-refractivity contribution in [2.24, 2.45) is 0 Å². The van der Waals surface area contributed by atoms with Crippen molar-refractivity contribution < 1.29 is 4.39 Å². The van der Waals surface area contributed by atoms with E-state index in [1.54, 1.807) is 12.1 Å². The van der Waals surface area contributed by atoms with Gasteiger partial charge >= 0.3 is 0 Å². The average Bonchev–Trinajstić information content (AvgIpc) is 2.28. The SMILES string of the molecule is C=C[C@]1(CC)CCSc2ccc(F)cc21. The van der Waals surface area contributed by atoms with Gasteiger partial charge in [-0.15, -0.1) is 18.3 Å². The van der Waals surface area contributed by atoms with E-state index in [-0.39, 0.29) is 11.2 Å². The lowest BCUT2D eigenvalue weighted by Crippen LogP contribution is -2.27. The van der Waals surface area contributed by atoms with Gasteiger partial charge in [0.1, 0.15) is 5.82 Å². The summed E-state index contributed by atoms with van der Waals surface area (Å²) in [7, 11) is 0. The second-order valence-corrected chi connectivity index (χ2v) is 5.09. The van der Waals surface area contributed by atoms with Crippen LogP contribution in [-0.2, 0) is 5.41 Å². The lowest BCUT2D eigenvalue weighted by Gasteiger charge is -2.35. The van der Waals surface area contributed by atoms with Crippen LogP contribution in [0.5, 0.6) is 0 Å². The molecule has 1 atom stereocenters. The van der Waals surface area contributed by atoms with Gasteiger partial charge in [0.25, 0.3) is 0 Å². The van der Waals surface area contributed by atoms with Crippen molar-refractivity contribution in [1.29, 1.82) is 0 Å². The molecule has 0 saturated heterocycles. The number of fused-ring (bicyclic) bond motifs is 1. The first-order valence-corrected chi connectivity index (χ1v) is 6.27. The molecule has 1 aliphatic heterocycles. The largest absolute Gasteiger partial charge is 0.207 e. The smallest absolute Gasteiger partial charge is 0.123 e. The molecule has 0 radical (unpaired) electrons. The van der Waals surface area contributed by atoms with E-state index >= 15 is 0 Å². The summed E-state index contributed by atoms with van der Waals surface area (Å²) in [5, 5.41) is 0. The molecule has 0 aromatic heterocycles. The predicted octanol–water partition coefficient (Wildman–Crippen LogP) is 4.16. The van der Waals surface area contributed by atoms with Gasteiger partial charge in [0.05, 0.1) is 0 Å². The Labute approximate surface area is 94.6 Å². The van der Waals surface area contributed by atoms with Gasteiger partial charge in [-0.3, -0.25) is 0 Å². The molecule has 0 nitrogen and oxygen atoms in total. The van der Waals surface area contributed by atoms with Crippen molar-refractivity contribution in [1.82, 2.24) is 0 Å². The molecule has 0 spiro atoms. The van der Waals surface area contributed by atoms with Crippen LogP contribution in [0.25, 0.3) is 0 Å². The highest BCUT2D eigenvalue weighted by molar-refractivity contribution is 7.99. The summed E-state index contributed by atoms with van der Waals surface area (Å²) in [6.45, 7) is 6.07. The van der Waals surface area contributed by atoms with Crippen molar-refractivity contribution in [3.8, 4) is 0 Å². The third-order valence-electron chi connectivity index (χ3n) is 3.31. The minimum Gasteiger partial charge on any atom is -0.207 e. The monoisotopic (exact) mass is 222 g/mol. The van der Waals surface area contributed by atoms with E-state index in [1.807, 2.05) is 23.9 Å². The Bertz CT molecular complexity index is 386. The van der Waals surface area contributed by atoms with Crippen LogP contribution in [0.3, 0.4) is 0 Å². The van der Waals surface area contributed by atoms with Crippen molar-refractivity contribution in [2.45, 2.75) is 30.1 Å². The molecule has 0 fully saturated rings. The molecule has 2 rings (SSSR count). The summed E-state index contributed by atoms with van der Waals surface area (Å²) in [6.07, 6.45) is 4.05. The van der Waals surface area contributed by atoms with Gasteiger partial charge in [-0.1, -0.05) is 13.0 Å². The molecule has 1 aromatic carbocycles. The Morgan fingerprint density at radius 2 is 2.40 bits per heavy atom. The number of hydrogen-bond donors (Lipinski definition) is 0. The minimum absolute atomic E-state index is 0.0112. The zero-order valence-corrected chi connectivity index (χ0v) is 9.74. The molecule has 0 aliphatic carbocycles. The first kappa shape index (κ1) is 10.7. The second kappa shape index (κ2) is 4.01. The quantitative estimate of drug-likeness (QED) is 0.677. The van der Waals surface area contributed by atoms with E-state index in [9.17, 15) is 4.39 Å². The molecular weight excluding hydrogens is 207 g/mol. The summed E-state index contributed by atoms with van der Waals surface area (Å²) >= 11 is 1.82. The zero-order chi connectivity index (χ0) is 10.9. The minimum atomic E-state index is -0.143. The average molecular weight is 222 g/mol. The van der Waals surface area contributed by atoms with Crippen LogP contribution < -0.4 is 0 Å². The number of rotatable bonds is 2. The van der Waals surface area contributed by atoms with Crippen LogP contribution in [0, 0.1) is 5.82 Å². The van der Waals surface area contributed by atoms with E-state index in [4.69, 9.17) is 0 Å². The number of hydrogen-bond acceptors (Lipinski definition) is 1. The first-order chi connectivity index (χ1) is 7.22. The molecule has 2 heteroatoms. The van der Waals surface area contributed by atoms with E-state index in [1.165, 1.54) is 4.90 Å². The molecule has 0 bridgehead atoms. The van der Waals surface area contributed by atoms with Crippen LogP contribution in [0.4, 0.5) is 4.39 Å². The molecule has 1 aromatic rings. The van der Waals surface area contributed by atoms with E-state index in [0.717, 1.165) is 24.2 Å². The molecule has 15 heavy (non-hydrogen) atoms. The summed E-state index contributed by atoms with van der Waals surface area (Å²) in [6, 6.07) is 5.11. The summed E-state index contributed by atoms with van der Waals surface area (Å²) in [5.74, 6) is 0.953. The fraction of sp³-hybridized carbons (Fsp3) is 0.385. The summed E-state index contributed by atoms with van der Waals surface area (Å²) in [4.78, 5) is 1.21. The molecule has 0 unspecified atom stereocenters.